The zero-order valence-electron chi connectivity index (χ0n) is 15.3. The van der Waals surface area contributed by atoms with Crippen LogP contribution in [0.1, 0.15) is 62.9 Å². The Kier molecular flexibility index (Phi) is 8.26. The summed E-state index contributed by atoms with van der Waals surface area (Å²) < 4.78 is 5.29. The van der Waals surface area contributed by atoms with E-state index in [-0.39, 0.29) is 18.0 Å². The zero-order chi connectivity index (χ0) is 18.3. The van der Waals surface area contributed by atoms with Crippen molar-refractivity contribution in [2.45, 2.75) is 66.0 Å². The minimum Gasteiger partial charge on any atom is -0.461 e. The van der Waals surface area contributed by atoms with Crippen molar-refractivity contribution in [2.24, 2.45) is 0 Å². The van der Waals surface area contributed by atoms with Crippen LogP contribution in [0.2, 0.25) is 5.02 Å². The maximum Gasteiger partial charge on any atom is 0.329 e. The summed E-state index contributed by atoms with van der Waals surface area (Å²) in [7, 11) is 0. The molecule has 5 heteroatoms. The second kappa shape index (κ2) is 9.67. The molecule has 1 aliphatic heterocycles. The number of benzene rings is 1. The Balaban J connectivity index is 0.00000139. The van der Waals surface area contributed by atoms with E-state index in [1.807, 2.05) is 34.6 Å². The Morgan fingerprint density at radius 2 is 1.92 bits per heavy atom. The van der Waals surface area contributed by atoms with Gasteiger partial charge in [-0.2, -0.15) is 0 Å². The lowest BCUT2D eigenvalue weighted by Crippen LogP contribution is -2.49. The molecule has 0 aliphatic carbocycles. The van der Waals surface area contributed by atoms with Crippen molar-refractivity contribution in [3.8, 4) is 0 Å². The Bertz CT molecular complexity index is 572. The highest BCUT2D eigenvalue weighted by atomic mass is 35.5. The fourth-order valence-corrected chi connectivity index (χ4v) is 2.79. The lowest BCUT2D eigenvalue weighted by molar-refractivity contribution is -0.154. The molecule has 0 saturated carbocycles. The first-order valence-corrected chi connectivity index (χ1v) is 9.05. The first-order valence-electron chi connectivity index (χ1n) is 8.67. The molecule has 0 bridgehead atoms. The third-order valence-corrected chi connectivity index (χ3v) is 4.22. The lowest BCUT2D eigenvalue weighted by atomic mass is 10.0. The molecule has 1 aromatic carbocycles. The first-order chi connectivity index (χ1) is 11.4. The topological polar surface area (TPSA) is 46.6 Å². The molecule has 0 radical (unpaired) electrons. The van der Waals surface area contributed by atoms with Crippen LogP contribution in [0.25, 0.3) is 0 Å². The monoisotopic (exact) mass is 353 g/mol. The van der Waals surface area contributed by atoms with Crippen molar-refractivity contribution < 1.29 is 14.3 Å². The van der Waals surface area contributed by atoms with Crippen molar-refractivity contribution in [1.82, 2.24) is 4.90 Å². The summed E-state index contributed by atoms with van der Waals surface area (Å²) in [5.74, 6) is -0.445. The number of halogens is 1. The van der Waals surface area contributed by atoms with Crippen molar-refractivity contribution in [3.63, 3.8) is 0 Å². The van der Waals surface area contributed by atoms with E-state index in [2.05, 4.69) is 0 Å². The summed E-state index contributed by atoms with van der Waals surface area (Å²) in [5.41, 5.74) is 1.41. The summed E-state index contributed by atoms with van der Waals surface area (Å²) in [6.45, 7) is 10.1. The van der Waals surface area contributed by atoms with E-state index in [4.69, 9.17) is 16.3 Å². The van der Waals surface area contributed by atoms with Gasteiger partial charge >= 0.3 is 5.97 Å². The number of likely N-dealkylation sites (tertiary alicyclic amines) is 1. The molecule has 1 fully saturated rings. The fourth-order valence-electron chi connectivity index (χ4n) is 2.67. The molecule has 0 N–H and O–H groups in total. The van der Waals surface area contributed by atoms with E-state index >= 15 is 0 Å². The minimum atomic E-state index is -0.486. The third kappa shape index (κ3) is 5.23. The van der Waals surface area contributed by atoms with Gasteiger partial charge in [0.15, 0.2) is 0 Å². The fraction of sp³-hybridized carbons (Fsp3) is 0.579. The molecule has 1 saturated heterocycles. The quantitative estimate of drug-likeness (QED) is 0.745. The van der Waals surface area contributed by atoms with Gasteiger partial charge < -0.3 is 9.64 Å². The van der Waals surface area contributed by atoms with Crippen LogP contribution in [0.4, 0.5) is 0 Å². The summed E-state index contributed by atoms with van der Waals surface area (Å²) in [5, 5.41) is 0.631. The van der Waals surface area contributed by atoms with Gasteiger partial charge in [0, 0.05) is 17.1 Å². The van der Waals surface area contributed by atoms with Gasteiger partial charge in [0.25, 0.3) is 5.91 Å². The van der Waals surface area contributed by atoms with Gasteiger partial charge in [-0.1, -0.05) is 25.4 Å². The van der Waals surface area contributed by atoms with Gasteiger partial charge in [-0.15, -0.1) is 0 Å². The number of ether oxygens (including phenoxy) is 1. The number of carbonyl (C=O) groups is 2. The van der Waals surface area contributed by atoms with Crippen molar-refractivity contribution in [1.29, 1.82) is 0 Å². The van der Waals surface area contributed by atoms with E-state index in [0.29, 0.717) is 23.6 Å². The summed E-state index contributed by atoms with van der Waals surface area (Å²) in [6, 6.07) is 4.70. The van der Waals surface area contributed by atoms with Gasteiger partial charge in [-0.3, -0.25) is 4.79 Å². The highest BCUT2D eigenvalue weighted by molar-refractivity contribution is 6.31. The maximum absolute atomic E-state index is 12.7. The number of amides is 1. The smallest absolute Gasteiger partial charge is 0.329 e. The van der Waals surface area contributed by atoms with Crippen LogP contribution in [0, 0.1) is 6.92 Å². The molecule has 0 aromatic heterocycles. The van der Waals surface area contributed by atoms with Crippen LogP contribution in [-0.2, 0) is 9.53 Å². The molecule has 0 unspecified atom stereocenters. The van der Waals surface area contributed by atoms with Crippen LogP contribution >= 0.6 is 11.6 Å². The molecular formula is C19H28ClNO3. The molecule has 134 valence electrons. The average molecular weight is 354 g/mol. The van der Waals surface area contributed by atoms with Crippen LogP contribution < -0.4 is 0 Å². The molecule has 1 amide bonds. The number of carbonyl (C=O) groups excluding carboxylic acids is 2. The Hall–Kier alpha value is -1.55. The van der Waals surface area contributed by atoms with E-state index in [0.717, 1.165) is 18.4 Å². The van der Waals surface area contributed by atoms with Crippen molar-refractivity contribution in [3.05, 3.63) is 34.3 Å². The number of hydrogen-bond acceptors (Lipinski definition) is 3. The number of rotatable bonds is 3. The molecular weight excluding hydrogens is 326 g/mol. The molecule has 1 aromatic rings. The normalized spacial score (nSPS) is 17.1. The predicted octanol–water partition coefficient (Wildman–Crippen LogP) is 4.62. The second-order valence-electron chi connectivity index (χ2n) is 5.96. The number of hydrogen-bond donors (Lipinski definition) is 0. The Labute approximate surface area is 150 Å². The second-order valence-corrected chi connectivity index (χ2v) is 6.37. The van der Waals surface area contributed by atoms with E-state index in [1.165, 1.54) is 0 Å². The highest BCUT2D eigenvalue weighted by Gasteiger charge is 2.34. The third-order valence-electron chi connectivity index (χ3n) is 3.79. The Morgan fingerprint density at radius 3 is 2.50 bits per heavy atom. The van der Waals surface area contributed by atoms with Gasteiger partial charge in [0.2, 0.25) is 0 Å². The van der Waals surface area contributed by atoms with Crippen molar-refractivity contribution in [2.75, 3.05) is 6.54 Å². The summed E-state index contributed by atoms with van der Waals surface area (Å²) in [4.78, 5) is 26.6. The number of aryl methyl sites for hydroxylation is 1. The lowest BCUT2D eigenvalue weighted by Gasteiger charge is -2.34. The molecule has 4 nitrogen and oxygen atoms in total. The maximum atomic E-state index is 12.7. The van der Waals surface area contributed by atoms with Gasteiger partial charge in [-0.05, 0) is 63.8 Å². The molecule has 24 heavy (non-hydrogen) atoms. The first kappa shape index (κ1) is 20.5. The summed E-state index contributed by atoms with van der Waals surface area (Å²) in [6.07, 6.45) is 2.32. The van der Waals surface area contributed by atoms with Crippen LogP contribution in [0.3, 0.4) is 0 Å². The molecule has 1 aliphatic rings. The average Bonchev–Trinajstić information content (AvgIpc) is 2.58. The van der Waals surface area contributed by atoms with Gasteiger partial charge in [0.1, 0.15) is 6.04 Å². The highest BCUT2D eigenvalue weighted by Crippen LogP contribution is 2.23. The number of esters is 1. The molecule has 1 atom stereocenters. The summed E-state index contributed by atoms with van der Waals surface area (Å²) >= 11 is 6.01. The number of nitrogens with zero attached hydrogens (tertiary/aromatic N) is 1. The molecule has 1 heterocycles. The van der Waals surface area contributed by atoms with Crippen LogP contribution in [-0.4, -0.2) is 35.5 Å². The van der Waals surface area contributed by atoms with Crippen LogP contribution in [0.15, 0.2) is 18.2 Å². The Morgan fingerprint density at radius 1 is 1.25 bits per heavy atom. The van der Waals surface area contributed by atoms with E-state index in [9.17, 15) is 9.59 Å². The van der Waals surface area contributed by atoms with Gasteiger partial charge in [-0.25, -0.2) is 4.79 Å². The minimum absolute atomic E-state index is 0.134. The predicted molar refractivity (Wildman–Crippen MR) is 97.4 cm³/mol. The molecule has 2 rings (SSSR count). The van der Waals surface area contributed by atoms with Crippen LogP contribution in [0.5, 0.6) is 0 Å². The largest absolute Gasteiger partial charge is 0.461 e. The van der Waals surface area contributed by atoms with E-state index in [1.54, 1.807) is 23.1 Å². The standard InChI is InChI=1S/C17H22ClNO3.C2H6/c1-11(2)22-17(21)15-6-4-5-9-19(15)16(20)13-7-8-14(18)12(3)10-13;1-2/h7-8,10-11,15H,4-6,9H2,1-3H3;1-2H3/t15-;/m1./s1. The van der Waals surface area contributed by atoms with Gasteiger partial charge in [0.05, 0.1) is 6.10 Å². The SMILES string of the molecule is CC.Cc1cc(C(=O)N2CCCC[C@@H]2C(=O)OC(C)C)ccc1Cl. The number of piperidine rings is 1. The van der Waals surface area contributed by atoms with E-state index < -0.39 is 6.04 Å². The molecule has 0 spiro atoms. The van der Waals surface area contributed by atoms with Crippen molar-refractivity contribution >= 4 is 23.5 Å². The zero-order valence-corrected chi connectivity index (χ0v) is 16.0.